The molecule has 1 rings (SSSR count). The number of Topliss-reactive ketones (excluding diaryl/α,β-unsaturated/α-hetero) is 1. The molecule has 80 valence electrons. The molecule has 0 bridgehead atoms. The first-order chi connectivity index (χ1) is 6.93. The number of aliphatic carboxylic acids is 1. The van der Waals surface area contributed by atoms with E-state index < -0.39 is 28.8 Å². The van der Waals surface area contributed by atoms with Gasteiger partial charge in [0.15, 0.2) is 22.8 Å². The van der Waals surface area contributed by atoms with Crippen molar-refractivity contribution >= 4 is 23.4 Å². The third-order valence-electron chi connectivity index (χ3n) is 1.65. The van der Waals surface area contributed by atoms with Gasteiger partial charge in [-0.05, 0) is 18.2 Å². The quantitative estimate of drug-likeness (QED) is 0.493. The van der Waals surface area contributed by atoms with Crippen molar-refractivity contribution in [2.45, 2.75) is 5.38 Å². The number of carboxylic acids is 1. The van der Waals surface area contributed by atoms with Gasteiger partial charge in [0.05, 0.1) is 0 Å². The smallest absolute Gasteiger partial charge is 0.329 e. The number of halogens is 3. The second-order valence-electron chi connectivity index (χ2n) is 2.69. The van der Waals surface area contributed by atoms with E-state index in [9.17, 15) is 18.4 Å². The van der Waals surface area contributed by atoms with Gasteiger partial charge in [-0.25, -0.2) is 8.78 Å². The number of ketones is 1. The Morgan fingerprint density at radius 1 is 1.27 bits per heavy atom. The number of benzene rings is 1. The highest BCUT2D eigenvalue weighted by Crippen LogP contribution is 2.13. The van der Waals surface area contributed by atoms with Gasteiger partial charge in [0.1, 0.15) is 0 Å². The Labute approximate surface area is 88.3 Å². The molecule has 0 fully saturated rings. The fraction of sp³-hybridized carbons (Fsp3) is 0.111. The van der Waals surface area contributed by atoms with Crippen LogP contribution in [0, 0.1) is 11.6 Å². The van der Waals surface area contributed by atoms with Crippen LogP contribution in [0.5, 0.6) is 0 Å². The molecule has 3 nitrogen and oxygen atoms in total. The number of carbonyl (C=O) groups excluding carboxylic acids is 1. The summed E-state index contributed by atoms with van der Waals surface area (Å²) in [5.74, 6) is -4.86. The molecule has 0 aromatic heterocycles. The van der Waals surface area contributed by atoms with Gasteiger partial charge in [-0.15, -0.1) is 11.6 Å². The van der Waals surface area contributed by atoms with Gasteiger partial charge >= 0.3 is 5.97 Å². The average Bonchev–Trinajstić information content (AvgIpc) is 2.19. The van der Waals surface area contributed by atoms with Crippen LogP contribution in [-0.2, 0) is 4.79 Å². The van der Waals surface area contributed by atoms with Crippen LogP contribution < -0.4 is 0 Å². The van der Waals surface area contributed by atoms with Gasteiger partial charge in [0.2, 0.25) is 0 Å². The van der Waals surface area contributed by atoms with Crippen LogP contribution in [-0.4, -0.2) is 22.2 Å². The van der Waals surface area contributed by atoms with Crippen LogP contribution in [0.1, 0.15) is 10.4 Å². The first-order valence-corrected chi connectivity index (χ1v) is 4.23. The van der Waals surface area contributed by atoms with Crippen LogP contribution in [0.15, 0.2) is 18.2 Å². The highest BCUT2D eigenvalue weighted by atomic mass is 35.5. The zero-order valence-corrected chi connectivity index (χ0v) is 7.96. The lowest BCUT2D eigenvalue weighted by Crippen LogP contribution is -2.24. The summed E-state index contributed by atoms with van der Waals surface area (Å²) in [7, 11) is 0. The van der Waals surface area contributed by atoms with E-state index in [0.29, 0.717) is 6.07 Å². The largest absolute Gasteiger partial charge is 0.480 e. The second kappa shape index (κ2) is 4.35. The lowest BCUT2D eigenvalue weighted by atomic mass is 10.1. The Hall–Kier alpha value is -1.49. The topological polar surface area (TPSA) is 54.4 Å². The van der Waals surface area contributed by atoms with E-state index in [0.717, 1.165) is 12.1 Å². The van der Waals surface area contributed by atoms with Crippen molar-refractivity contribution in [1.82, 2.24) is 0 Å². The van der Waals surface area contributed by atoms with E-state index in [4.69, 9.17) is 16.7 Å². The van der Waals surface area contributed by atoms with E-state index in [1.807, 2.05) is 0 Å². The Kier molecular flexibility index (Phi) is 3.36. The van der Waals surface area contributed by atoms with Crippen LogP contribution >= 0.6 is 11.6 Å². The molecule has 0 aliphatic rings. The zero-order chi connectivity index (χ0) is 11.6. The third kappa shape index (κ3) is 2.50. The molecule has 0 heterocycles. The second-order valence-corrected chi connectivity index (χ2v) is 3.13. The molecule has 1 atom stereocenters. The average molecular weight is 235 g/mol. The van der Waals surface area contributed by atoms with Gasteiger partial charge in [-0.1, -0.05) is 0 Å². The van der Waals surface area contributed by atoms with E-state index in [1.165, 1.54) is 0 Å². The predicted molar refractivity (Wildman–Crippen MR) is 48.0 cm³/mol. The molecule has 1 aromatic carbocycles. The molecule has 0 amide bonds. The van der Waals surface area contributed by atoms with Crippen LogP contribution in [0.25, 0.3) is 0 Å². The van der Waals surface area contributed by atoms with Crippen molar-refractivity contribution in [3.63, 3.8) is 0 Å². The molecule has 1 N–H and O–H groups in total. The number of carboxylic acid groups (broad SMARTS) is 1. The Morgan fingerprint density at radius 2 is 1.87 bits per heavy atom. The van der Waals surface area contributed by atoms with Crippen LogP contribution in [0.2, 0.25) is 0 Å². The van der Waals surface area contributed by atoms with Crippen LogP contribution in [0.4, 0.5) is 8.78 Å². The molecule has 0 aliphatic heterocycles. The molecule has 1 aromatic rings. The minimum absolute atomic E-state index is 0.281. The number of rotatable bonds is 3. The van der Waals surface area contributed by atoms with Crippen molar-refractivity contribution < 1.29 is 23.5 Å². The minimum Gasteiger partial charge on any atom is -0.480 e. The summed E-state index contributed by atoms with van der Waals surface area (Å²) in [6.07, 6.45) is 0. The summed E-state index contributed by atoms with van der Waals surface area (Å²) in [5.41, 5.74) is -0.281. The first kappa shape index (κ1) is 11.6. The van der Waals surface area contributed by atoms with E-state index in [1.54, 1.807) is 0 Å². The van der Waals surface area contributed by atoms with Crippen molar-refractivity contribution in [2.24, 2.45) is 0 Å². The lowest BCUT2D eigenvalue weighted by molar-refractivity contribution is -0.135. The fourth-order valence-electron chi connectivity index (χ4n) is 0.908. The summed E-state index contributed by atoms with van der Waals surface area (Å²) in [5, 5.41) is 6.62. The Balaban J connectivity index is 3.02. The molecular weight excluding hydrogens is 230 g/mol. The molecule has 0 radical (unpaired) electrons. The summed E-state index contributed by atoms with van der Waals surface area (Å²) in [6.45, 7) is 0. The Morgan fingerprint density at radius 3 is 2.33 bits per heavy atom. The summed E-state index contributed by atoms with van der Waals surface area (Å²) in [4.78, 5) is 21.6. The van der Waals surface area contributed by atoms with Crippen molar-refractivity contribution in [3.05, 3.63) is 35.4 Å². The molecule has 6 heteroatoms. The maximum atomic E-state index is 12.7. The molecule has 0 aliphatic carbocycles. The van der Waals surface area contributed by atoms with E-state index >= 15 is 0 Å². The molecular formula is C9H5ClF2O3. The number of hydrogen-bond acceptors (Lipinski definition) is 2. The van der Waals surface area contributed by atoms with E-state index in [-0.39, 0.29) is 5.56 Å². The molecule has 1 unspecified atom stereocenters. The Bertz CT molecular complexity index is 420. The molecule has 15 heavy (non-hydrogen) atoms. The van der Waals surface area contributed by atoms with Crippen molar-refractivity contribution in [1.29, 1.82) is 0 Å². The van der Waals surface area contributed by atoms with Gasteiger partial charge in [-0.2, -0.15) is 0 Å². The number of hydrogen-bond donors (Lipinski definition) is 1. The zero-order valence-electron chi connectivity index (χ0n) is 7.21. The van der Waals surface area contributed by atoms with Crippen molar-refractivity contribution in [3.8, 4) is 0 Å². The van der Waals surface area contributed by atoms with Gasteiger partial charge in [0, 0.05) is 5.56 Å². The maximum absolute atomic E-state index is 12.7. The first-order valence-electron chi connectivity index (χ1n) is 3.79. The van der Waals surface area contributed by atoms with Crippen LogP contribution in [0.3, 0.4) is 0 Å². The fourth-order valence-corrected chi connectivity index (χ4v) is 1.03. The third-order valence-corrected chi connectivity index (χ3v) is 2.04. The van der Waals surface area contributed by atoms with Gasteiger partial charge in [-0.3, -0.25) is 9.59 Å². The van der Waals surface area contributed by atoms with Gasteiger partial charge < -0.3 is 5.11 Å². The van der Waals surface area contributed by atoms with Crippen molar-refractivity contribution in [2.75, 3.05) is 0 Å². The normalized spacial score (nSPS) is 12.2. The molecule has 0 saturated carbocycles. The highest BCUT2D eigenvalue weighted by molar-refractivity contribution is 6.43. The summed E-state index contributed by atoms with van der Waals surface area (Å²) < 4.78 is 25.2. The summed E-state index contributed by atoms with van der Waals surface area (Å²) in [6, 6.07) is 2.31. The standard InChI is InChI=1S/C9H5ClF2O3/c10-7(9(14)15)8(13)4-1-2-5(11)6(12)3-4/h1-3,7H,(H,14,15). The minimum atomic E-state index is -1.80. The number of alkyl halides is 1. The molecule has 0 spiro atoms. The summed E-state index contributed by atoms with van der Waals surface area (Å²) >= 11 is 5.23. The maximum Gasteiger partial charge on any atom is 0.329 e. The van der Waals surface area contributed by atoms with E-state index in [2.05, 4.69) is 0 Å². The van der Waals surface area contributed by atoms with Gasteiger partial charge in [0.25, 0.3) is 0 Å². The SMILES string of the molecule is O=C(O)C(Cl)C(=O)c1ccc(F)c(F)c1. The molecule has 0 saturated heterocycles. The number of carbonyl (C=O) groups is 2. The predicted octanol–water partition coefficient (Wildman–Crippen LogP) is 1.84. The lowest BCUT2D eigenvalue weighted by Gasteiger charge is -2.03. The highest BCUT2D eigenvalue weighted by Gasteiger charge is 2.25. The monoisotopic (exact) mass is 234 g/mol.